The van der Waals surface area contributed by atoms with E-state index in [2.05, 4.69) is 9.97 Å². The van der Waals surface area contributed by atoms with Crippen LogP contribution < -0.4 is 4.90 Å². The van der Waals surface area contributed by atoms with Gasteiger partial charge >= 0.3 is 0 Å². The minimum absolute atomic E-state index is 0.0770. The minimum atomic E-state index is -3.97. The molecule has 1 aromatic heterocycles. The lowest BCUT2D eigenvalue weighted by molar-refractivity contribution is -0.384. The van der Waals surface area contributed by atoms with Gasteiger partial charge in [0.05, 0.1) is 20.9 Å². The van der Waals surface area contributed by atoms with Gasteiger partial charge in [-0.15, -0.1) is 0 Å². The number of fused-ring (bicyclic) bond motifs is 1. The fourth-order valence-corrected chi connectivity index (χ4v) is 4.79. The number of nitro benzene ring substituents is 1. The van der Waals surface area contributed by atoms with Crippen LogP contribution in [-0.4, -0.2) is 37.4 Å². The zero-order valence-corrected chi connectivity index (χ0v) is 18.2. The van der Waals surface area contributed by atoms with E-state index in [9.17, 15) is 18.5 Å². The molecule has 0 fully saturated rings. The maximum Gasteiger partial charge on any atom is 0.293 e. The molecule has 162 valence electrons. The Hall–Kier alpha value is -3.98. The Kier molecular flexibility index (Phi) is 5.50. The van der Waals surface area contributed by atoms with Gasteiger partial charge in [0.25, 0.3) is 5.69 Å². The summed E-state index contributed by atoms with van der Waals surface area (Å²) >= 11 is 0. The van der Waals surface area contributed by atoms with Gasteiger partial charge in [-0.1, -0.05) is 36.4 Å². The summed E-state index contributed by atoms with van der Waals surface area (Å²) in [7, 11) is -0.561. The number of nitrogens with one attached hydrogen (secondary N) is 1. The van der Waals surface area contributed by atoms with Crippen LogP contribution in [0.3, 0.4) is 0 Å². The lowest BCUT2D eigenvalue weighted by atomic mass is 10.1. The first-order valence-electron chi connectivity index (χ1n) is 9.70. The molecule has 0 radical (unpaired) electrons. The number of aromatic nitrogens is 2. The van der Waals surface area contributed by atoms with Gasteiger partial charge in [-0.2, -0.15) is 0 Å². The molecule has 0 saturated carbocycles. The molecule has 3 aromatic carbocycles. The molecule has 0 aliphatic carbocycles. The van der Waals surface area contributed by atoms with Crippen molar-refractivity contribution in [3.05, 3.63) is 94.3 Å². The molecule has 1 N–H and O–H groups in total. The Balaban J connectivity index is 1.95. The molecule has 4 aromatic rings. The van der Waals surface area contributed by atoms with Crippen molar-refractivity contribution in [1.82, 2.24) is 9.97 Å². The van der Waals surface area contributed by atoms with Crippen molar-refractivity contribution in [3.8, 4) is 0 Å². The van der Waals surface area contributed by atoms with E-state index >= 15 is 0 Å². The number of aromatic amines is 1. The Labute approximate surface area is 184 Å². The molecule has 0 unspecified atom stereocenters. The maximum atomic E-state index is 13.5. The third-order valence-electron chi connectivity index (χ3n) is 4.94. The quantitative estimate of drug-likeness (QED) is 0.343. The molecular formula is C23H20N4O4S. The van der Waals surface area contributed by atoms with Crippen LogP contribution in [-0.2, 0) is 9.84 Å². The highest BCUT2D eigenvalue weighted by atomic mass is 32.2. The van der Waals surface area contributed by atoms with Crippen LogP contribution in [0.15, 0.2) is 77.7 Å². The van der Waals surface area contributed by atoms with E-state index in [0.717, 1.165) is 0 Å². The smallest absolute Gasteiger partial charge is 0.293 e. The van der Waals surface area contributed by atoms with Gasteiger partial charge in [0.2, 0.25) is 9.84 Å². The van der Waals surface area contributed by atoms with Gasteiger partial charge < -0.3 is 9.88 Å². The molecular weight excluding hydrogens is 428 g/mol. The topological polar surface area (TPSA) is 109 Å². The van der Waals surface area contributed by atoms with Gasteiger partial charge in [0.15, 0.2) is 0 Å². The van der Waals surface area contributed by atoms with Crippen LogP contribution in [0.5, 0.6) is 0 Å². The van der Waals surface area contributed by atoms with Crippen molar-refractivity contribution in [2.24, 2.45) is 0 Å². The van der Waals surface area contributed by atoms with Crippen molar-refractivity contribution in [2.45, 2.75) is 4.90 Å². The summed E-state index contributed by atoms with van der Waals surface area (Å²) in [5.74, 6) is 0.161. The number of H-pyrrole nitrogens is 1. The molecule has 8 nitrogen and oxygen atoms in total. The van der Waals surface area contributed by atoms with E-state index in [1.807, 2.05) is 12.1 Å². The Morgan fingerprint density at radius 1 is 1.03 bits per heavy atom. The van der Waals surface area contributed by atoms with Crippen LogP contribution in [0, 0.1) is 10.1 Å². The number of anilines is 1. The Bertz CT molecular complexity index is 1410. The van der Waals surface area contributed by atoms with E-state index in [4.69, 9.17) is 0 Å². The molecule has 0 bridgehead atoms. The number of rotatable bonds is 6. The van der Waals surface area contributed by atoms with E-state index in [1.54, 1.807) is 61.5 Å². The van der Waals surface area contributed by atoms with Gasteiger partial charge in [-0.05, 0) is 42.0 Å². The third kappa shape index (κ3) is 3.97. The van der Waals surface area contributed by atoms with Gasteiger partial charge in [-0.3, -0.25) is 10.1 Å². The van der Waals surface area contributed by atoms with Gasteiger partial charge in [0.1, 0.15) is 16.4 Å². The second kappa shape index (κ2) is 8.27. The number of nitrogens with zero attached hydrogens (tertiary/aromatic N) is 3. The number of imidazole rings is 1. The highest BCUT2D eigenvalue weighted by Gasteiger charge is 2.26. The van der Waals surface area contributed by atoms with Crippen LogP contribution in [0.1, 0.15) is 11.4 Å². The van der Waals surface area contributed by atoms with Crippen LogP contribution in [0.4, 0.5) is 11.4 Å². The number of hydrogen-bond donors (Lipinski definition) is 1. The molecule has 0 spiro atoms. The van der Waals surface area contributed by atoms with Crippen molar-refractivity contribution in [2.75, 3.05) is 19.0 Å². The number of para-hydroxylation sites is 2. The van der Waals surface area contributed by atoms with E-state index < -0.39 is 14.8 Å². The summed E-state index contributed by atoms with van der Waals surface area (Å²) < 4.78 is 27.1. The normalized spacial score (nSPS) is 12.1. The fourth-order valence-electron chi connectivity index (χ4n) is 3.38. The summed E-state index contributed by atoms with van der Waals surface area (Å²) in [5, 5.41) is 11.6. The van der Waals surface area contributed by atoms with Crippen LogP contribution in [0.25, 0.3) is 22.0 Å². The highest BCUT2D eigenvalue weighted by Crippen LogP contribution is 2.33. The SMILES string of the molecule is CN(C)c1ccc(C=C(c2nc3ccccc3[nH]2)S(=O)(=O)c2ccccc2)cc1[N+](=O)[O-]. The van der Waals surface area contributed by atoms with Crippen LogP contribution in [0.2, 0.25) is 0 Å². The molecule has 0 amide bonds. The summed E-state index contributed by atoms with van der Waals surface area (Å²) in [6.45, 7) is 0. The molecule has 9 heteroatoms. The lowest BCUT2D eigenvalue weighted by Gasteiger charge is -2.13. The first-order valence-corrected chi connectivity index (χ1v) is 11.2. The summed E-state index contributed by atoms with van der Waals surface area (Å²) in [6, 6.07) is 19.8. The van der Waals surface area contributed by atoms with Gasteiger partial charge in [-0.25, -0.2) is 13.4 Å². The van der Waals surface area contributed by atoms with Crippen molar-refractivity contribution >= 4 is 43.2 Å². The van der Waals surface area contributed by atoms with Crippen molar-refractivity contribution in [3.63, 3.8) is 0 Å². The van der Waals surface area contributed by atoms with E-state index in [1.165, 1.54) is 24.3 Å². The number of sulfone groups is 1. The Morgan fingerprint density at radius 3 is 2.38 bits per heavy atom. The predicted octanol–water partition coefficient (Wildman–Crippen LogP) is 4.51. The fraction of sp³-hybridized carbons (Fsp3) is 0.0870. The second-order valence-corrected chi connectivity index (χ2v) is 9.25. The first kappa shape index (κ1) is 21.3. The molecule has 32 heavy (non-hydrogen) atoms. The predicted molar refractivity (Wildman–Crippen MR) is 125 cm³/mol. The minimum Gasteiger partial charge on any atom is -0.372 e. The second-order valence-electron chi connectivity index (χ2n) is 7.33. The van der Waals surface area contributed by atoms with Crippen molar-refractivity contribution in [1.29, 1.82) is 0 Å². The Morgan fingerprint density at radius 2 is 1.72 bits per heavy atom. The van der Waals surface area contributed by atoms with Crippen molar-refractivity contribution < 1.29 is 13.3 Å². The molecule has 1 heterocycles. The molecule has 0 saturated heterocycles. The molecule has 0 aliphatic rings. The molecule has 0 aliphatic heterocycles. The highest BCUT2D eigenvalue weighted by molar-refractivity contribution is 8.00. The number of hydrogen-bond acceptors (Lipinski definition) is 6. The largest absolute Gasteiger partial charge is 0.372 e. The maximum absolute atomic E-state index is 13.5. The summed E-state index contributed by atoms with van der Waals surface area (Å²) in [4.78, 5) is 20.3. The lowest BCUT2D eigenvalue weighted by Crippen LogP contribution is -2.11. The van der Waals surface area contributed by atoms with Crippen LogP contribution >= 0.6 is 0 Å². The average molecular weight is 449 g/mol. The molecule has 0 atom stereocenters. The monoisotopic (exact) mass is 448 g/mol. The zero-order chi connectivity index (χ0) is 22.9. The standard InChI is InChI=1S/C23H20N4O4S/c1-26(2)20-13-12-16(14-21(20)27(28)29)15-22(32(30,31)17-8-4-3-5-9-17)23-24-18-10-6-7-11-19(18)25-23/h3-15H,1-2H3,(H,24,25). The number of benzene rings is 3. The third-order valence-corrected chi connectivity index (χ3v) is 6.72. The van der Waals surface area contributed by atoms with Gasteiger partial charge in [0, 0.05) is 20.2 Å². The molecule has 4 rings (SSSR count). The average Bonchev–Trinajstić information content (AvgIpc) is 3.21. The summed E-state index contributed by atoms with van der Waals surface area (Å²) in [5.41, 5.74) is 1.97. The summed E-state index contributed by atoms with van der Waals surface area (Å²) in [6.07, 6.45) is 1.41. The van der Waals surface area contributed by atoms with E-state index in [0.29, 0.717) is 22.3 Å². The zero-order valence-electron chi connectivity index (χ0n) is 17.4. The van der Waals surface area contributed by atoms with E-state index in [-0.39, 0.29) is 21.3 Å². The first-order chi connectivity index (χ1) is 15.3. The number of nitro groups is 1.